The summed E-state index contributed by atoms with van der Waals surface area (Å²) in [6, 6.07) is 0. The standard InChI is InChI=1S/C21H32O2/c1-12(22)15-4-5-16-14-10-18(23)21-11-13(21)6-9-20(21,3)17(14)7-8-19(15,16)2/h13-18,23H,4-11H2,1-3H3/t13-,14+,15-,16+,17+,18+,19-,20-,21+/m1/s1. The van der Waals surface area contributed by atoms with Crippen molar-refractivity contribution in [2.75, 3.05) is 0 Å². The molecule has 5 aliphatic carbocycles. The molecule has 5 rings (SSSR count). The Hall–Kier alpha value is -0.370. The van der Waals surface area contributed by atoms with E-state index in [-0.39, 0.29) is 17.4 Å². The second kappa shape index (κ2) is 4.23. The first-order valence-corrected chi connectivity index (χ1v) is 10.0. The Bertz CT molecular complexity index is 570. The van der Waals surface area contributed by atoms with Crippen molar-refractivity contribution in [2.24, 2.45) is 45.8 Å². The Morgan fingerprint density at radius 1 is 1.04 bits per heavy atom. The summed E-state index contributed by atoms with van der Waals surface area (Å²) >= 11 is 0. The number of carbonyl (C=O) groups is 1. The van der Waals surface area contributed by atoms with Crippen LogP contribution in [0, 0.1) is 45.8 Å². The van der Waals surface area contributed by atoms with Crippen LogP contribution in [0.25, 0.3) is 0 Å². The summed E-state index contributed by atoms with van der Waals surface area (Å²) in [6.45, 7) is 6.74. The molecule has 2 nitrogen and oxygen atoms in total. The van der Waals surface area contributed by atoms with E-state index in [9.17, 15) is 9.90 Å². The van der Waals surface area contributed by atoms with Gasteiger partial charge in [0.1, 0.15) is 5.78 Å². The Morgan fingerprint density at radius 3 is 2.52 bits per heavy atom. The minimum Gasteiger partial charge on any atom is -0.393 e. The van der Waals surface area contributed by atoms with Crippen molar-refractivity contribution in [3.8, 4) is 0 Å². The van der Waals surface area contributed by atoms with E-state index >= 15 is 0 Å². The van der Waals surface area contributed by atoms with Crippen molar-refractivity contribution in [3.63, 3.8) is 0 Å². The van der Waals surface area contributed by atoms with Gasteiger partial charge in [-0.1, -0.05) is 13.8 Å². The van der Waals surface area contributed by atoms with Gasteiger partial charge in [0.15, 0.2) is 0 Å². The van der Waals surface area contributed by atoms with Crippen LogP contribution in [0.15, 0.2) is 0 Å². The van der Waals surface area contributed by atoms with Crippen LogP contribution in [-0.2, 0) is 4.79 Å². The normalized spacial score (nSPS) is 63.0. The summed E-state index contributed by atoms with van der Waals surface area (Å²) in [5.74, 6) is 3.68. The predicted molar refractivity (Wildman–Crippen MR) is 89.7 cm³/mol. The maximum absolute atomic E-state index is 12.2. The van der Waals surface area contributed by atoms with Crippen LogP contribution in [0.1, 0.15) is 72.1 Å². The van der Waals surface area contributed by atoms with E-state index in [1.54, 1.807) is 0 Å². The lowest BCUT2D eigenvalue weighted by Gasteiger charge is -2.60. The van der Waals surface area contributed by atoms with E-state index in [1.807, 2.05) is 6.92 Å². The molecule has 23 heavy (non-hydrogen) atoms. The Morgan fingerprint density at radius 2 is 1.83 bits per heavy atom. The van der Waals surface area contributed by atoms with E-state index in [1.165, 1.54) is 38.5 Å². The van der Waals surface area contributed by atoms with Gasteiger partial charge in [-0.3, -0.25) is 4.79 Å². The van der Waals surface area contributed by atoms with Gasteiger partial charge in [-0.2, -0.15) is 0 Å². The molecule has 0 saturated heterocycles. The monoisotopic (exact) mass is 316 g/mol. The van der Waals surface area contributed by atoms with Crippen molar-refractivity contribution >= 4 is 5.78 Å². The van der Waals surface area contributed by atoms with E-state index in [0.29, 0.717) is 28.4 Å². The maximum atomic E-state index is 12.2. The van der Waals surface area contributed by atoms with Crippen LogP contribution in [0.3, 0.4) is 0 Å². The fourth-order valence-corrected chi connectivity index (χ4v) is 8.98. The molecule has 0 amide bonds. The number of aliphatic hydroxyl groups is 1. The molecular formula is C21H32O2. The molecule has 0 aromatic rings. The Kier molecular flexibility index (Phi) is 2.75. The lowest BCUT2D eigenvalue weighted by Crippen LogP contribution is -2.56. The first-order valence-electron chi connectivity index (χ1n) is 10.0. The number of aliphatic hydroxyl groups excluding tert-OH is 1. The van der Waals surface area contributed by atoms with Crippen molar-refractivity contribution in [1.82, 2.24) is 0 Å². The largest absolute Gasteiger partial charge is 0.393 e. The van der Waals surface area contributed by atoms with Crippen molar-refractivity contribution in [2.45, 2.75) is 78.2 Å². The van der Waals surface area contributed by atoms with E-state index in [4.69, 9.17) is 0 Å². The molecule has 128 valence electrons. The van der Waals surface area contributed by atoms with Crippen molar-refractivity contribution < 1.29 is 9.90 Å². The van der Waals surface area contributed by atoms with Crippen LogP contribution < -0.4 is 0 Å². The third-order valence-corrected chi connectivity index (χ3v) is 10.1. The zero-order chi connectivity index (χ0) is 16.2. The highest BCUT2D eigenvalue weighted by Crippen LogP contribution is 2.81. The first-order chi connectivity index (χ1) is 10.8. The molecule has 9 atom stereocenters. The molecule has 0 bridgehead atoms. The van der Waals surface area contributed by atoms with Crippen LogP contribution in [0.2, 0.25) is 0 Å². The molecule has 5 fully saturated rings. The van der Waals surface area contributed by atoms with Gasteiger partial charge >= 0.3 is 0 Å². The topological polar surface area (TPSA) is 37.3 Å². The SMILES string of the molecule is CC(=O)[C@H]1CC[C@H]2[C@@H]3C[C@H](O)[C@]45C[C@H]4CC[C@]5(C)[C@H]3CC[C@]12C. The van der Waals surface area contributed by atoms with Gasteiger partial charge in [-0.15, -0.1) is 0 Å². The highest BCUT2D eigenvalue weighted by molar-refractivity contribution is 5.79. The summed E-state index contributed by atoms with van der Waals surface area (Å²) in [5.41, 5.74) is 0.894. The Balaban J connectivity index is 1.52. The minimum atomic E-state index is -0.0695. The third kappa shape index (κ3) is 1.50. The van der Waals surface area contributed by atoms with Gasteiger partial charge in [0.05, 0.1) is 6.10 Å². The maximum Gasteiger partial charge on any atom is 0.133 e. The molecule has 0 radical (unpaired) electrons. The summed E-state index contributed by atoms with van der Waals surface area (Å²) in [6.07, 6.45) is 9.83. The second-order valence-corrected chi connectivity index (χ2v) is 10.3. The smallest absolute Gasteiger partial charge is 0.133 e. The van der Waals surface area contributed by atoms with Crippen LogP contribution in [-0.4, -0.2) is 17.0 Å². The molecule has 5 aliphatic rings. The van der Waals surface area contributed by atoms with Crippen molar-refractivity contribution in [1.29, 1.82) is 0 Å². The molecule has 0 aromatic carbocycles. The highest BCUT2D eigenvalue weighted by atomic mass is 16.3. The van der Waals surface area contributed by atoms with Gasteiger partial charge in [-0.05, 0) is 92.8 Å². The van der Waals surface area contributed by atoms with Crippen molar-refractivity contribution in [3.05, 3.63) is 0 Å². The number of carbonyl (C=O) groups excluding carboxylic acids is 1. The molecule has 2 heteroatoms. The molecular weight excluding hydrogens is 284 g/mol. The van der Waals surface area contributed by atoms with Gasteiger partial charge in [0, 0.05) is 11.3 Å². The number of fused-ring (bicyclic) bond motifs is 4. The van der Waals surface area contributed by atoms with E-state index < -0.39 is 0 Å². The molecule has 0 unspecified atom stereocenters. The van der Waals surface area contributed by atoms with Gasteiger partial charge < -0.3 is 5.11 Å². The average molecular weight is 316 g/mol. The summed E-state index contributed by atoms with van der Waals surface area (Å²) in [4.78, 5) is 12.2. The first kappa shape index (κ1) is 14.9. The fraction of sp³-hybridized carbons (Fsp3) is 0.952. The lowest BCUT2D eigenvalue weighted by molar-refractivity contribution is -0.153. The number of Topliss-reactive ketones (excluding diaryl/α,β-unsaturated/α-hetero) is 1. The second-order valence-electron chi connectivity index (χ2n) is 10.3. The molecule has 0 heterocycles. The third-order valence-electron chi connectivity index (χ3n) is 10.1. The molecule has 0 aliphatic heterocycles. The molecule has 0 aromatic heterocycles. The lowest BCUT2D eigenvalue weighted by atomic mass is 9.45. The molecule has 5 saturated carbocycles. The zero-order valence-electron chi connectivity index (χ0n) is 15.0. The van der Waals surface area contributed by atoms with Gasteiger partial charge in [0.25, 0.3) is 0 Å². The number of rotatable bonds is 1. The van der Waals surface area contributed by atoms with Crippen LogP contribution in [0.5, 0.6) is 0 Å². The van der Waals surface area contributed by atoms with Crippen LogP contribution >= 0.6 is 0 Å². The van der Waals surface area contributed by atoms with Gasteiger partial charge in [-0.25, -0.2) is 0 Å². The van der Waals surface area contributed by atoms with Gasteiger partial charge in [0.2, 0.25) is 0 Å². The summed E-state index contributed by atoms with van der Waals surface area (Å²) < 4.78 is 0. The van der Waals surface area contributed by atoms with E-state index in [2.05, 4.69) is 13.8 Å². The minimum absolute atomic E-state index is 0.0695. The van der Waals surface area contributed by atoms with E-state index in [0.717, 1.165) is 24.7 Å². The number of hydrogen-bond acceptors (Lipinski definition) is 2. The predicted octanol–water partition coefficient (Wildman–Crippen LogP) is 4.21. The van der Waals surface area contributed by atoms with Crippen LogP contribution in [0.4, 0.5) is 0 Å². The summed E-state index contributed by atoms with van der Waals surface area (Å²) in [7, 11) is 0. The molecule has 1 spiro atoms. The quantitative estimate of drug-likeness (QED) is 0.787. The fourth-order valence-electron chi connectivity index (χ4n) is 8.98. The molecule has 1 N–H and O–H groups in total. The average Bonchev–Trinajstić information content (AvgIpc) is 3.01. The number of ketones is 1. The number of hydrogen-bond donors (Lipinski definition) is 1. The zero-order valence-corrected chi connectivity index (χ0v) is 15.0. The summed E-state index contributed by atoms with van der Waals surface area (Å²) in [5, 5.41) is 11.1. The highest BCUT2D eigenvalue weighted by Gasteiger charge is 2.77. The Labute approximate surface area is 140 Å².